The van der Waals surface area contributed by atoms with Crippen LogP contribution >= 0.6 is 0 Å². The molecule has 2 aromatic heterocycles. The number of hydrogen-bond acceptors (Lipinski definition) is 2. The summed E-state index contributed by atoms with van der Waals surface area (Å²) in [7, 11) is 0. The summed E-state index contributed by atoms with van der Waals surface area (Å²) in [6.45, 7) is 3.13. The Morgan fingerprint density at radius 3 is 2.50 bits per heavy atom. The third-order valence-corrected chi connectivity index (χ3v) is 6.13. The molecule has 5 aromatic rings. The minimum Gasteiger partial charge on any atom is -0.328 e. The van der Waals surface area contributed by atoms with Crippen LogP contribution in [0.3, 0.4) is 0 Å². The van der Waals surface area contributed by atoms with E-state index in [1.165, 1.54) is 5.56 Å². The van der Waals surface area contributed by atoms with E-state index >= 15 is 0 Å². The smallest absolute Gasteiger partial charge is 0.255 e. The topological polar surface area (TPSA) is 43.1 Å². The summed E-state index contributed by atoms with van der Waals surface area (Å²) in [6, 6.07) is 26.3. The molecule has 0 bridgehead atoms. The minimum absolute atomic E-state index is 0.0420. The molecule has 1 aliphatic heterocycles. The van der Waals surface area contributed by atoms with Crippen molar-refractivity contribution in [1.82, 2.24) is 19.2 Å². The molecule has 1 aliphatic rings. The lowest BCUT2D eigenvalue weighted by Crippen LogP contribution is -2.26. The van der Waals surface area contributed by atoms with Gasteiger partial charge in [-0.2, -0.15) is 5.10 Å². The molecule has 0 saturated heterocycles. The second-order valence-electron chi connectivity index (χ2n) is 8.28. The van der Waals surface area contributed by atoms with Gasteiger partial charge in [0, 0.05) is 23.5 Å². The molecule has 1 amide bonds. The van der Waals surface area contributed by atoms with Crippen LogP contribution in [0.15, 0.2) is 91.3 Å². The van der Waals surface area contributed by atoms with Crippen LogP contribution in [0, 0.1) is 6.92 Å². The number of carbonyl (C=O) groups excluding carboxylic acids is 1. The van der Waals surface area contributed by atoms with Crippen LogP contribution in [0.1, 0.15) is 27.2 Å². The first-order chi connectivity index (χ1) is 15.7. The van der Waals surface area contributed by atoms with Crippen LogP contribution in [-0.2, 0) is 13.1 Å². The molecule has 0 fully saturated rings. The Bertz CT molecular complexity index is 1460. The molecule has 156 valence electrons. The maximum Gasteiger partial charge on any atom is 0.255 e. The van der Waals surface area contributed by atoms with Gasteiger partial charge in [0.05, 0.1) is 24.5 Å². The lowest BCUT2D eigenvalue weighted by Gasteiger charge is -2.18. The maximum atomic E-state index is 13.5. The van der Waals surface area contributed by atoms with Gasteiger partial charge in [-0.3, -0.25) is 4.79 Å². The van der Waals surface area contributed by atoms with Crippen LogP contribution in [-0.4, -0.2) is 25.2 Å². The Morgan fingerprint density at radius 2 is 1.66 bits per heavy atom. The molecule has 0 atom stereocenters. The summed E-state index contributed by atoms with van der Waals surface area (Å²) >= 11 is 0. The number of hydrogen-bond donors (Lipinski definition) is 0. The van der Waals surface area contributed by atoms with E-state index in [0.717, 1.165) is 39.1 Å². The molecular weight excluding hydrogens is 396 g/mol. The molecule has 0 spiro atoms. The molecule has 0 N–H and O–H groups in total. The normalized spacial score (nSPS) is 13.0. The van der Waals surface area contributed by atoms with Crippen LogP contribution in [0.4, 0.5) is 0 Å². The second kappa shape index (κ2) is 7.24. The first kappa shape index (κ1) is 18.6. The van der Waals surface area contributed by atoms with Gasteiger partial charge < -0.3 is 9.47 Å². The quantitative estimate of drug-likeness (QED) is 0.400. The Hall–Kier alpha value is -4.12. The van der Waals surface area contributed by atoms with Crippen molar-refractivity contribution in [2.45, 2.75) is 20.0 Å². The Kier molecular flexibility index (Phi) is 4.21. The molecule has 0 radical (unpaired) electrons. The number of benzene rings is 3. The fraction of sp³-hybridized carbons (Fsp3) is 0.111. The molecule has 5 nitrogen and oxygen atoms in total. The summed E-state index contributed by atoms with van der Waals surface area (Å²) in [6.07, 6.45) is 4.05. The zero-order valence-corrected chi connectivity index (χ0v) is 17.8. The van der Waals surface area contributed by atoms with Crippen molar-refractivity contribution in [1.29, 1.82) is 0 Å². The third-order valence-electron chi connectivity index (χ3n) is 6.13. The van der Waals surface area contributed by atoms with Crippen LogP contribution in [0.5, 0.6) is 0 Å². The van der Waals surface area contributed by atoms with E-state index in [4.69, 9.17) is 5.10 Å². The van der Waals surface area contributed by atoms with Gasteiger partial charge in [0.15, 0.2) is 0 Å². The highest BCUT2D eigenvalue weighted by molar-refractivity contribution is 6.07. The maximum absolute atomic E-state index is 13.5. The minimum atomic E-state index is 0.0420. The predicted octanol–water partition coefficient (Wildman–Crippen LogP) is 5.28. The predicted molar refractivity (Wildman–Crippen MR) is 125 cm³/mol. The molecule has 32 heavy (non-hydrogen) atoms. The van der Waals surface area contributed by atoms with Gasteiger partial charge in [-0.1, -0.05) is 48.5 Å². The fourth-order valence-electron chi connectivity index (χ4n) is 4.61. The highest BCUT2D eigenvalue weighted by atomic mass is 16.2. The van der Waals surface area contributed by atoms with Crippen molar-refractivity contribution in [2.75, 3.05) is 0 Å². The van der Waals surface area contributed by atoms with E-state index < -0.39 is 0 Å². The van der Waals surface area contributed by atoms with E-state index in [0.29, 0.717) is 13.1 Å². The van der Waals surface area contributed by atoms with Crippen LogP contribution in [0.2, 0.25) is 0 Å². The monoisotopic (exact) mass is 418 g/mol. The van der Waals surface area contributed by atoms with E-state index in [-0.39, 0.29) is 5.91 Å². The van der Waals surface area contributed by atoms with Crippen LogP contribution in [0.25, 0.3) is 22.3 Å². The van der Waals surface area contributed by atoms with Crippen LogP contribution < -0.4 is 0 Å². The average molecular weight is 419 g/mol. The van der Waals surface area contributed by atoms with Gasteiger partial charge in [-0.15, -0.1) is 0 Å². The lowest BCUT2D eigenvalue weighted by molar-refractivity contribution is 0.0751. The van der Waals surface area contributed by atoms with Gasteiger partial charge in [0.1, 0.15) is 5.82 Å². The van der Waals surface area contributed by atoms with Gasteiger partial charge in [0.25, 0.3) is 5.91 Å². The largest absolute Gasteiger partial charge is 0.328 e. The molecule has 0 unspecified atom stereocenters. The fourth-order valence-corrected chi connectivity index (χ4v) is 4.61. The molecule has 6 rings (SSSR count). The molecule has 3 heterocycles. The summed E-state index contributed by atoms with van der Waals surface area (Å²) in [5, 5.41) is 7.01. The number of aryl methyl sites for hydroxylation is 1. The summed E-state index contributed by atoms with van der Waals surface area (Å²) in [4.78, 5) is 15.4. The van der Waals surface area contributed by atoms with Crippen molar-refractivity contribution in [3.8, 4) is 11.5 Å². The third kappa shape index (κ3) is 2.94. The van der Waals surface area contributed by atoms with Crippen molar-refractivity contribution in [3.05, 3.63) is 114 Å². The number of amides is 1. The van der Waals surface area contributed by atoms with E-state index in [9.17, 15) is 4.79 Å². The van der Waals surface area contributed by atoms with E-state index in [1.54, 1.807) is 0 Å². The standard InChI is InChI=1S/C27H22N4O/c1-19-8-6-11-21(16-19)31-26(29-14-4-5-15-29)24-17-30(18-25(24)28-31)27(32)23-13-7-10-20-9-2-3-12-22(20)23/h2-16H,17-18H2,1H3. The Morgan fingerprint density at radius 1 is 0.875 bits per heavy atom. The first-order valence-electron chi connectivity index (χ1n) is 10.8. The van der Waals surface area contributed by atoms with Crippen molar-refractivity contribution in [2.24, 2.45) is 0 Å². The van der Waals surface area contributed by atoms with Gasteiger partial charge in [0.2, 0.25) is 0 Å². The zero-order valence-electron chi connectivity index (χ0n) is 17.8. The number of carbonyl (C=O) groups is 1. The SMILES string of the molecule is Cc1cccc(-n2nc3c(c2-n2cccc2)CN(C(=O)c2cccc4ccccc24)C3)c1. The van der Waals surface area contributed by atoms with Gasteiger partial charge in [-0.25, -0.2) is 4.68 Å². The second-order valence-corrected chi connectivity index (χ2v) is 8.28. The number of nitrogens with zero attached hydrogens (tertiary/aromatic N) is 4. The number of fused-ring (bicyclic) bond motifs is 2. The van der Waals surface area contributed by atoms with Crippen molar-refractivity contribution >= 4 is 16.7 Å². The highest BCUT2D eigenvalue weighted by Crippen LogP contribution is 2.32. The highest BCUT2D eigenvalue weighted by Gasteiger charge is 2.32. The Labute approximate surface area is 186 Å². The van der Waals surface area contributed by atoms with Crippen molar-refractivity contribution < 1.29 is 4.79 Å². The van der Waals surface area contributed by atoms with E-state index in [2.05, 4.69) is 29.7 Å². The van der Waals surface area contributed by atoms with Gasteiger partial charge >= 0.3 is 0 Å². The van der Waals surface area contributed by atoms with Crippen molar-refractivity contribution in [3.63, 3.8) is 0 Å². The van der Waals surface area contributed by atoms with E-state index in [1.807, 2.05) is 82.6 Å². The molecule has 0 aliphatic carbocycles. The lowest BCUT2D eigenvalue weighted by atomic mass is 10.0. The number of aromatic nitrogens is 3. The molecule has 5 heteroatoms. The molecule has 0 saturated carbocycles. The molecular formula is C27H22N4O. The molecule has 3 aromatic carbocycles. The Balaban J connectivity index is 1.41. The summed E-state index contributed by atoms with van der Waals surface area (Å²) < 4.78 is 4.08. The zero-order chi connectivity index (χ0) is 21.7. The summed E-state index contributed by atoms with van der Waals surface area (Å²) in [5.74, 6) is 1.03. The van der Waals surface area contributed by atoms with Gasteiger partial charge in [-0.05, 0) is 53.6 Å². The first-order valence-corrected chi connectivity index (χ1v) is 10.8. The summed E-state index contributed by atoms with van der Waals surface area (Å²) in [5.41, 5.74) is 4.99. The number of rotatable bonds is 3. The average Bonchev–Trinajstić information content (AvgIpc) is 3.54.